The fourth-order valence-corrected chi connectivity index (χ4v) is 5.44. The molecule has 0 radical (unpaired) electrons. The van der Waals surface area contributed by atoms with E-state index < -0.39 is 36.2 Å². The maximum absolute atomic E-state index is 14.3. The number of cyclic esters (lactones) is 1. The number of hydrogen-bond donors (Lipinski definition) is 1. The molecule has 222 valence electrons. The van der Waals surface area contributed by atoms with Crippen molar-refractivity contribution in [3.8, 4) is 0 Å². The second kappa shape index (κ2) is 12.6. The highest BCUT2D eigenvalue weighted by molar-refractivity contribution is 5.98. The molecule has 0 bridgehead atoms. The van der Waals surface area contributed by atoms with Crippen LogP contribution < -0.4 is 10.3 Å². The average Bonchev–Trinajstić information content (AvgIpc) is 3.30. The highest BCUT2D eigenvalue weighted by atomic mass is 16.7. The molecule has 12 heteroatoms. The van der Waals surface area contributed by atoms with E-state index in [0.717, 1.165) is 16.3 Å². The van der Waals surface area contributed by atoms with Crippen LogP contribution in [0.5, 0.6) is 0 Å². The van der Waals surface area contributed by atoms with Gasteiger partial charge < -0.3 is 14.4 Å². The van der Waals surface area contributed by atoms with E-state index in [1.807, 2.05) is 55.4 Å². The third kappa shape index (κ3) is 6.23. The fourth-order valence-electron chi connectivity index (χ4n) is 5.44. The quantitative estimate of drug-likeness (QED) is 0.391. The number of hydrogen-bond acceptors (Lipinski definition) is 8. The molecule has 2 aromatic rings. The van der Waals surface area contributed by atoms with Crippen molar-refractivity contribution in [3.05, 3.63) is 65.7 Å². The third-order valence-electron chi connectivity index (χ3n) is 7.62. The zero-order valence-corrected chi connectivity index (χ0v) is 23.7. The van der Waals surface area contributed by atoms with Crippen LogP contribution in [0.25, 0.3) is 0 Å². The Morgan fingerprint density at radius 3 is 2.52 bits per heavy atom. The van der Waals surface area contributed by atoms with Crippen LogP contribution in [0.15, 0.2) is 54.6 Å². The predicted molar refractivity (Wildman–Crippen MR) is 150 cm³/mol. The molecule has 0 aromatic heterocycles. The Bertz CT molecular complexity index is 1350. The zero-order chi connectivity index (χ0) is 29.8. The number of hydrazine groups is 2. The first-order valence-corrected chi connectivity index (χ1v) is 14.1. The van der Waals surface area contributed by atoms with Crippen LogP contribution in [0.4, 0.5) is 5.69 Å². The van der Waals surface area contributed by atoms with Gasteiger partial charge in [-0.3, -0.25) is 34.4 Å². The van der Waals surface area contributed by atoms with E-state index in [0.29, 0.717) is 19.4 Å². The Balaban J connectivity index is 1.46. The molecule has 4 amide bonds. The number of nitrogens with zero attached hydrogens (tertiary/aromatic N) is 4. The van der Waals surface area contributed by atoms with E-state index in [1.54, 1.807) is 18.2 Å². The van der Waals surface area contributed by atoms with Crippen molar-refractivity contribution in [1.82, 2.24) is 20.5 Å². The third-order valence-corrected chi connectivity index (χ3v) is 7.62. The maximum atomic E-state index is 14.3. The second-order valence-electron chi connectivity index (χ2n) is 10.8. The van der Waals surface area contributed by atoms with E-state index in [9.17, 15) is 24.0 Å². The van der Waals surface area contributed by atoms with Gasteiger partial charge >= 0.3 is 5.97 Å². The normalized spacial score (nSPS) is 22.2. The van der Waals surface area contributed by atoms with Crippen molar-refractivity contribution in [1.29, 1.82) is 0 Å². The first-order chi connectivity index (χ1) is 20.2. The first-order valence-electron chi connectivity index (χ1n) is 14.1. The van der Waals surface area contributed by atoms with Crippen molar-refractivity contribution < 1.29 is 33.4 Å². The lowest BCUT2D eigenvalue weighted by molar-refractivity contribution is -0.187. The van der Waals surface area contributed by atoms with Gasteiger partial charge in [0.25, 0.3) is 11.8 Å². The summed E-state index contributed by atoms with van der Waals surface area (Å²) in [5.41, 5.74) is 4.60. The molecular weight excluding hydrogens is 542 g/mol. The minimum absolute atomic E-state index is 0.104. The van der Waals surface area contributed by atoms with Crippen molar-refractivity contribution in [3.63, 3.8) is 0 Å². The topological polar surface area (TPSA) is 129 Å². The number of carbonyl (C=O) groups excluding carboxylic acids is 5. The van der Waals surface area contributed by atoms with Gasteiger partial charge in [-0.2, -0.15) is 0 Å². The number of amides is 4. The van der Waals surface area contributed by atoms with E-state index >= 15 is 0 Å². The summed E-state index contributed by atoms with van der Waals surface area (Å²) in [6.07, 6.45) is 0.119. The molecule has 3 atom stereocenters. The van der Waals surface area contributed by atoms with Crippen molar-refractivity contribution in [2.45, 2.75) is 63.5 Å². The summed E-state index contributed by atoms with van der Waals surface area (Å²) >= 11 is 0. The van der Waals surface area contributed by atoms with Gasteiger partial charge in [0.15, 0.2) is 0 Å². The molecule has 0 saturated carbocycles. The van der Waals surface area contributed by atoms with Crippen LogP contribution in [-0.4, -0.2) is 83.6 Å². The van der Waals surface area contributed by atoms with Crippen LogP contribution in [0.3, 0.4) is 0 Å². The summed E-state index contributed by atoms with van der Waals surface area (Å²) < 4.78 is 11.4. The number of esters is 1. The van der Waals surface area contributed by atoms with Crippen LogP contribution in [-0.2, 0) is 35.3 Å². The molecule has 1 N–H and O–H groups in total. The van der Waals surface area contributed by atoms with E-state index in [2.05, 4.69) is 5.43 Å². The van der Waals surface area contributed by atoms with Crippen molar-refractivity contribution >= 4 is 35.3 Å². The molecule has 3 fully saturated rings. The minimum Gasteiger partial charge on any atom is -0.433 e. The Morgan fingerprint density at radius 1 is 1.00 bits per heavy atom. The second-order valence-corrected chi connectivity index (χ2v) is 10.8. The average molecular weight is 578 g/mol. The summed E-state index contributed by atoms with van der Waals surface area (Å²) in [7, 11) is 3.69. The van der Waals surface area contributed by atoms with Gasteiger partial charge in [-0.1, -0.05) is 36.4 Å². The molecule has 3 heterocycles. The number of nitrogens with one attached hydrogen (secondary N) is 1. The van der Waals surface area contributed by atoms with Gasteiger partial charge in [-0.15, -0.1) is 0 Å². The van der Waals surface area contributed by atoms with Gasteiger partial charge in [0.05, 0.1) is 13.0 Å². The molecule has 2 aromatic carbocycles. The van der Waals surface area contributed by atoms with Gasteiger partial charge in [0, 0.05) is 44.7 Å². The molecule has 1 unspecified atom stereocenters. The molecular formula is C30H35N5O7. The molecule has 0 spiro atoms. The lowest BCUT2D eigenvalue weighted by atomic mass is 10.0. The summed E-state index contributed by atoms with van der Waals surface area (Å²) in [5, 5.41) is 3.66. The first kappa shape index (κ1) is 29.1. The standard InChI is InChI=1S/C30H35N5O7/c1-32(2)22-12-6-11-21(17-22)28(39)31-34(24-18-27(38)42-30(24)41-19-20-9-4-3-5-10-20)29(40)23-13-8-16-33-25(36)14-7-15-26(37)35(23)33/h3-6,9-12,17,23-24,30H,7-8,13-16,18-19H2,1-2H3,(H,31,39)/t23-,24-,30?/m0/s1. The highest BCUT2D eigenvalue weighted by Gasteiger charge is 2.48. The Hall–Kier alpha value is -4.45. The Morgan fingerprint density at radius 2 is 1.76 bits per heavy atom. The molecule has 3 aliphatic rings. The SMILES string of the molecule is CN(C)c1cccc(C(=O)NN(C(=O)[C@@H]2CCCN3C(=O)CCCC(=O)N23)[C@H]2CC(=O)OC2OCc2ccccc2)c1. The van der Waals surface area contributed by atoms with Crippen LogP contribution in [0.1, 0.15) is 54.4 Å². The lowest BCUT2D eigenvalue weighted by Crippen LogP contribution is -2.65. The molecule has 5 rings (SSSR count). The molecule has 3 aliphatic heterocycles. The highest BCUT2D eigenvalue weighted by Crippen LogP contribution is 2.29. The van der Waals surface area contributed by atoms with E-state index in [-0.39, 0.29) is 49.7 Å². The summed E-state index contributed by atoms with van der Waals surface area (Å²) in [5.74, 6) is -2.36. The van der Waals surface area contributed by atoms with E-state index in [1.165, 1.54) is 10.0 Å². The predicted octanol–water partition coefficient (Wildman–Crippen LogP) is 2.00. The molecule has 0 aliphatic carbocycles. The van der Waals surface area contributed by atoms with Gasteiger partial charge in [0.2, 0.25) is 18.1 Å². The van der Waals surface area contributed by atoms with Crippen molar-refractivity contribution in [2.75, 3.05) is 25.5 Å². The largest absolute Gasteiger partial charge is 0.433 e. The number of anilines is 1. The van der Waals surface area contributed by atoms with Gasteiger partial charge in [-0.25, -0.2) is 10.0 Å². The summed E-state index contributed by atoms with van der Waals surface area (Å²) in [6, 6.07) is 14.1. The summed E-state index contributed by atoms with van der Waals surface area (Å²) in [6.45, 7) is 0.429. The van der Waals surface area contributed by atoms with Crippen LogP contribution in [0.2, 0.25) is 0 Å². The van der Waals surface area contributed by atoms with E-state index in [4.69, 9.17) is 9.47 Å². The van der Waals surface area contributed by atoms with Crippen LogP contribution >= 0.6 is 0 Å². The molecule has 12 nitrogen and oxygen atoms in total. The van der Waals surface area contributed by atoms with Gasteiger partial charge in [-0.05, 0) is 43.0 Å². The maximum Gasteiger partial charge on any atom is 0.310 e. The fraction of sp³-hybridized carbons (Fsp3) is 0.433. The van der Waals surface area contributed by atoms with Crippen LogP contribution in [0, 0.1) is 0 Å². The number of ether oxygens (including phenoxy) is 2. The Labute approximate surface area is 244 Å². The zero-order valence-electron chi connectivity index (χ0n) is 23.7. The number of benzene rings is 2. The number of rotatable bonds is 7. The van der Waals surface area contributed by atoms with Crippen molar-refractivity contribution in [2.24, 2.45) is 0 Å². The number of fused-ring (bicyclic) bond motifs is 1. The molecule has 42 heavy (non-hydrogen) atoms. The Kier molecular flexibility index (Phi) is 8.72. The lowest BCUT2D eigenvalue weighted by Gasteiger charge is -2.44. The number of carbonyl (C=O) groups is 5. The molecule has 3 saturated heterocycles. The summed E-state index contributed by atoms with van der Waals surface area (Å²) in [4.78, 5) is 68.2. The smallest absolute Gasteiger partial charge is 0.310 e. The monoisotopic (exact) mass is 577 g/mol. The van der Waals surface area contributed by atoms with Gasteiger partial charge in [0.1, 0.15) is 12.1 Å². The minimum atomic E-state index is -1.17.